The Labute approximate surface area is 242 Å². The Morgan fingerprint density at radius 2 is 1.15 bits per heavy atom. The maximum Gasteiger partial charge on any atom is 0.469 e. The first-order valence-electron chi connectivity index (χ1n) is 15.4. The van der Waals surface area contributed by atoms with Crippen LogP contribution in [0.5, 0.6) is 0 Å². The van der Waals surface area contributed by atoms with Crippen LogP contribution in [0.15, 0.2) is 12.2 Å². The van der Waals surface area contributed by atoms with Crippen molar-refractivity contribution in [1.29, 1.82) is 0 Å². The van der Waals surface area contributed by atoms with Gasteiger partial charge in [-0.05, 0) is 44.9 Å². The van der Waals surface area contributed by atoms with Crippen molar-refractivity contribution in [3.63, 3.8) is 0 Å². The fourth-order valence-corrected chi connectivity index (χ4v) is 4.53. The van der Waals surface area contributed by atoms with Crippen molar-refractivity contribution in [3.8, 4) is 0 Å². The summed E-state index contributed by atoms with van der Waals surface area (Å²) >= 11 is 0. The van der Waals surface area contributed by atoms with Gasteiger partial charge in [0, 0.05) is 19.3 Å². The molecule has 0 aliphatic rings. The minimum absolute atomic E-state index is 0.142. The van der Waals surface area contributed by atoms with Crippen LogP contribution in [-0.4, -0.2) is 47.3 Å². The number of unbranched alkanes of at least 4 members (excludes halogenated alkanes) is 16. The fraction of sp³-hybridized carbons (Fsp3) is 0.833. The predicted octanol–water partition coefficient (Wildman–Crippen LogP) is 7.52. The Morgan fingerprint density at radius 1 is 0.675 bits per heavy atom. The molecule has 0 aromatic carbocycles. The van der Waals surface area contributed by atoms with Crippen LogP contribution >= 0.6 is 7.82 Å². The molecular weight excluding hydrogens is 535 g/mol. The topological polar surface area (TPSA) is 136 Å². The van der Waals surface area contributed by atoms with Crippen LogP contribution in [0.4, 0.5) is 0 Å². The molecule has 0 aromatic rings. The van der Waals surface area contributed by atoms with E-state index in [2.05, 4.69) is 23.6 Å². The van der Waals surface area contributed by atoms with Gasteiger partial charge in [0.15, 0.2) is 6.10 Å². The van der Waals surface area contributed by atoms with Crippen LogP contribution in [0.2, 0.25) is 0 Å². The van der Waals surface area contributed by atoms with Gasteiger partial charge in [-0.15, -0.1) is 0 Å². The van der Waals surface area contributed by atoms with Crippen molar-refractivity contribution in [2.45, 2.75) is 148 Å². The molecule has 0 amide bonds. The van der Waals surface area contributed by atoms with Crippen molar-refractivity contribution < 1.29 is 42.7 Å². The summed E-state index contributed by atoms with van der Waals surface area (Å²) < 4.78 is 25.9. The molecule has 0 bridgehead atoms. The predicted molar refractivity (Wildman–Crippen MR) is 157 cm³/mol. The monoisotopic (exact) mass is 590 g/mol. The lowest BCUT2D eigenvalue weighted by Gasteiger charge is -2.18. The van der Waals surface area contributed by atoms with Gasteiger partial charge in [0.2, 0.25) is 0 Å². The second-order valence-electron chi connectivity index (χ2n) is 10.4. The zero-order chi connectivity index (χ0) is 29.7. The highest BCUT2D eigenvalue weighted by atomic mass is 31.2. The molecule has 0 spiro atoms. The van der Waals surface area contributed by atoms with Gasteiger partial charge in [-0.25, -0.2) is 4.57 Å². The highest BCUT2D eigenvalue weighted by Crippen LogP contribution is 2.35. The lowest BCUT2D eigenvalue weighted by Crippen LogP contribution is -2.29. The summed E-state index contributed by atoms with van der Waals surface area (Å²) in [5.41, 5.74) is 0. The SMILES string of the molecule is CCCCCCCC/C=C\CCCCCCCC(=O)OC[C@H](COP(=O)(O)O)OC(=O)CCCCCCCC=O. The molecule has 0 aliphatic heterocycles. The lowest BCUT2D eigenvalue weighted by molar-refractivity contribution is -0.161. The molecule has 0 saturated carbocycles. The number of hydrogen-bond donors (Lipinski definition) is 2. The van der Waals surface area contributed by atoms with Crippen LogP contribution in [0.3, 0.4) is 0 Å². The highest BCUT2D eigenvalue weighted by molar-refractivity contribution is 7.46. The number of phosphoric ester groups is 1. The summed E-state index contributed by atoms with van der Waals surface area (Å²) in [5.74, 6) is -0.981. The van der Waals surface area contributed by atoms with E-state index in [4.69, 9.17) is 19.3 Å². The van der Waals surface area contributed by atoms with Gasteiger partial charge in [-0.2, -0.15) is 0 Å². The third-order valence-electron chi connectivity index (χ3n) is 6.50. The average molecular weight is 591 g/mol. The van der Waals surface area contributed by atoms with Crippen LogP contribution in [0.25, 0.3) is 0 Å². The summed E-state index contributed by atoms with van der Waals surface area (Å²) in [6, 6.07) is 0. The summed E-state index contributed by atoms with van der Waals surface area (Å²) in [7, 11) is -4.76. The molecule has 234 valence electrons. The van der Waals surface area contributed by atoms with E-state index >= 15 is 0 Å². The Morgan fingerprint density at radius 3 is 1.68 bits per heavy atom. The van der Waals surface area contributed by atoms with Crippen molar-refractivity contribution in [2.75, 3.05) is 13.2 Å². The van der Waals surface area contributed by atoms with Crippen molar-refractivity contribution in [3.05, 3.63) is 12.2 Å². The van der Waals surface area contributed by atoms with Crippen LogP contribution in [-0.2, 0) is 32.9 Å². The molecule has 40 heavy (non-hydrogen) atoms. The number of esters is 2. The molecule has 2 N–H and O–H groups in total. The summed E-state index contributed by atoms with van der Waals surface area (Å²) in [5, 5.41) is 0. The molecule has 1 atom stereocenters. The number of hydrogen-bond acceptors (Lipinski definition) is 7. The van der Waals surface area contributed by atoms with Gasteiger partial charge in [-0.1, -0.05) is 89.7 Å². The van der Waals surface area contributed by atoms with Crippen molar-refractivity contribution in [2.24, 2.45) is 0 Å². The molecule has 0 rings (SSSR count). The molecule has 0 saturated heterocycles. The average Bonchev–Trinajstić information content (AvgIpc) is 2.91. The molecule has 0 heterocycles. The van der Waals surface area contributed by atoms with E-state index in [-0.39, 0.29) is 19.4 Å². The van der Waals surface area contributed by atoms with Crippen LogP contribution < -0.4 is 0 Å². The van der Waals surface area contributed by atoms with E-state index in [1.165, 1.54) is 44.9 Å². The molecular formula is C30H55O9P. The number of carbonyl (C=O) groups excluding carboxylic acids is 3. The number of rotatable bonds is 29. The second kappa shape index (κ2) is 27.6. The third-order valence-corrected chi connectivity index (χ3v) is 6.99. The van der Waals surface area contributed by atoms with E-state index in [0.29, 0.717) is 19.3 Å². The fourth-order valence-electron chi connectivity index (χ4n) is 4.17. The Bertz CT molecular complexity index is 705. The van der Waals surface area contributed by atoms with E-state index in [9.17, 15) is 18.9 Å². The molecule has 0 unspecified atom stereocenters. The molecule has 0 fully saturated rings. The first-order valence-corrected chi connectivity index (χ1v) is 16.9. The Balaban J connectivity index is 3.98. The van der Waals surface area contributed by atoms with Gasteiger partial charge < -0.3 is 24.1 Å². The molecule has 0 aromatic heterocycles. The molecule has 0 radical (unpaired) electrons. The van der Waals surface area contributed by atoms with E-state index in [1.54, 1.807) is 0 Å². The maximum absolute atomic E-state index is 12.1. The first kappa shape index (κ1) is 38.5. The standard InChI is InChI=1S/C30H55O9P/c1-2-3-4-5-6-7-8-9-10-11-12-13-14-17-20-23-29(32)37-26-28(27-38-40(34,35)36)39-30(33)24-21-18-15-16-19-22-25-31/h9-10,25,28H,2-8,11-24,26-27H2,1H3,(H2,34,35,36)/b10-9-/t28-/m1/s1. The normalized spacial score (nSPS) is 12.5. The summed E-state index contributed by atoms with van der Waals surface area (Å²) in [4.78, 5) is 52.4. The van der Waals surface area contributed by atoms with Crippen molar-refractivity contribution in [1.82, 2.24) is 0 Å². The first-order chi connectivity index (χ1) is 19.3. The zero-order valence-corrected chi connectivity index (χ0v) is 25.7. The number of ether oxygens (including phenoxy) is 2. The maximum atomic E-state index is 12.1. The van der Waals surface area contributed by atoms with Gasteiger partial charge in [0.05, 0.1) is 6.61 Å². The zero-order valence-electron chi connectivity index (χ0n) is 24.8. The van der Waals surface area contributed by atoms with Crippen molar-refractivity contribution >= 4 is 26.0 Å². The Kier molecular flexibility index (Phi) is 26.6. The number of carbonyl (C=O) groups is 3. The smallest absolute Gasteiger partial charge is 0.462 e. The lowest BCUT2D eigenvalue weighted by atomic mass is 10.1. The minimum Gasteiger partial charge on any atom is -0.462 e. The quantitative estimate of drug-likeness (QED) is 0.0298. The minimum atomic E-state index is -4.76. The second-order valence-corrected chi connectivity index (χ2v) is 11.6. The summed E-state index contributed by atoms with van der Waals surface area (Å²) in [6.45, 7) is 1.35. The van der Waals surface area contributed by atoms with Crippen LogP contribution in [0, 0.1) is 0 Å². The Hall–Kier alpha value is -1.54. The van der Waals surface area contributed by atoms with Gasteiger partial charge in [0.1, 0.15) is 12.9 Å². The largest absolute Gasteiger partial charge is 0.469 e. The number of aldehydes is 1. The molecule has 10 heteroatoms. The number of allylic oxidation sites excluding steroid dienone is 2. The van der Waals surface area contributed by atoms with Gasteiger partial charge in [-0.3, -0.25) is 14.1 Å². The molecule has 9 nitrogen and oxygen atoms in total. The summed E-state index contributed by atoms with van der Waals surface area (Å²) in [6.07, 6.45) is 24.5. The van der Waals surface area contributed by atoms with Gasteiger partial charge in [0.25, 0.3) is 0 Å². The van der Waals surface area contributed by atoms with E-state index in [1.807, 2.05) is 0 Å². The van der Waals surface area contributed by atoms with E-state index < -0.39 is 32.5 Å². The van der Waals surface area contributed by atoms with Gasteiger partial charge >= 0.3 is 19.8 Å². The third kappa shape index (κ3) is 29.4. The highest BCUT2D eigenvalue weighted by Gasteiger charge is 2.22. The number of phosphoric acid groups is 1. The molecule has 0 aliphatic carbocycles. The van der Waals surface area contributed by atoms with Crippen LogP contribution in [0.1, 0.15) is 142 Å². The van der Waals surface area contributed by atoms with E-state index in [0.717, 1.165) is 64.1 Å².